The Bertz CT molecular complexity index is 142. The summed E-state index contributed by atoms with van der Waals surface area (Å²) >= 11 is 0. The van der Waals surface area contributed by atoms with Crippen LogP contribution in [0.2, 0.25) is 0 Å². The standard InChI is InChI=1S/C2H2BFO5.Li.H/c4-1(5)2(6)9-3(7)8;;/h7-8H;;/q;+1;-1. The van der Waals surface area contributed by atoms with Crippen LogP contribution in [0.3, 0.4) is 0 Å². The normalized spacial score (nSPS) is 7.50. The fraction of sp³-hybridized carbons (Fsp3) is 0. The minimum atomic E-state index is -2.45. The first-order valence-corrected chi connectivity index (χ1v) is 1.80. The SMILES string of the molecule is O=C(F)C(=O)OB(O)O.[H-].[Li+]. The van der Waals surface area contributed by atoms with E-state index in [1.165, 1.54) is 0 Å². The molecule has 10 heavy (non-hydrogen) atoms. The average Bonchev–Trinajstić information content (AvgIpc) is 1.63. The first kappa shape index (κ1) is 12.3. The summed E-state index contributed by atoms with van der Waals surface area (Å²) in [7, 11) is -2.45. The van der Waals surface area contributed by atoms with Gasteiger partial charge in [-0.3, -0.25) is 0 Å². The van der Waals surface area contributed by atoms with Crippen LogP contribution in [0.25, 0.3) is 0 Å². The average molecular weight is 144 g/mol. The van der Waals surface area contributed by atoms with Crippen molar-refractivity contribution in [2.75, 3.05) is 0 Å². The maximum atomic E-state index is 11.1. The Morgan fingerprint density at radius 3 is 2.00 bits per heavy atom. The van der Waals surface area contributed by atoms with E-state index in [9.17, 15) is 14.0 Å². The van der Waals surface area contributed by atoms with E-state index in [2.05, 4.69) is 4.65 Å². The zero-order chi connectivity index (χ0) is 7.44. The second-order valence-corrected chi connectivity index (χ2v) is 1.01. The molecule has 52 valence electrons. The van der Waals surface area contributed by atoms with Gasteiger partial charge >= 0.3 is 38.2 Å². The molecule has 0 saturated carbocycles. The van der Waals surface area contributed by atoms with E-state index in [1.807, 2.05) is 0 Å². The van der Waals surface area contributed by atoms with Crippen molar-refractivity contribution in [2.24, 2.45) is 0 Å². The Hall–Kier alpha value is -0.348. The van der Waals surface area contributed by atoms with Crippen LogP contribution in [0.4, 0.5) is 4.39 Å². The molecule has 0 heterocycles. The van der Waals surface area contributed by atoms with Crippen molar-refractivity contribution >= 4 is 19.3 Å². The Morgan fingerprint density at radius 1 is 1.50 bits per heavy atom. The third-order valence-corrected chi connectivity index (χ3v) is 0.373. The quantitative estimate of drug-likeness (QED) is 0.230. The summed E-state index contributed by atoms with van der Waals surface area (Å²) in [5, 5.41) is 15.5. The fourth-order valence-electron chi connectivity index (χ4n) is 0.142. The van der Waals surface area contributed by atoms with Crippen molar-refractivity contribution in [1.82, 2.24) is 0 Å². The third kappa shape index (κ3) is 5.78. The number of hydrogen-bond acceptors (Lipinski definition) is 5. The molecule has 0 radical (unpaired) electrons. The second-order valence-electron chi connectivity index (χ2n) is 1.01. The molecule has 0 bridgehead atoms. The predicted octanol–water partition coefficient (Wildman–Crippen LogP) is -4.89. The molecule has 0 aromatic heterocycles. The smallest absolute Gasteiger partial charge is 1.00 e. The minimum absolute atomic E-state index is 0. The summed E-state index contributed by atoms with van der Waals surface area (Å²) in [5.41, 5.74) is 0. The summed E-state index contributed by atoms with van der Waals surface area (Å²) in [6.45, 7) is 0. The maximum absolute atomic E-state index is 11.1. The summed E-state index contributed by atoms with van der Waals surface area (Å²) in [5.74, 6) is -1.93. The van der Waals surface area contributed by atoms with Gasteiger partial charge in [-0.05, 0) is 0 Å². The van der Waals surface area contributed by atoms with Crippen LogP contribution in [0.15, 0.2) is 0 Å². The molecule has 0 saturated heterocycles. The zero-order valence-electron chi connectivity index (χ0n) is 6.07. The molecule has 0 aliphatic carbocycles. The molecule has 0 atom stereocenters. The third-order valence-electron chi connectivity index (χ3n) is 0.373. The molecule has 0 amide bonds. The van der Waals surface area contributed by atoms with Crippen LogP contribution < -0.4 is 18.9 Å². The van der Waals surface area contributed by atoms with Crippen molar-refractivity contribution in [3.8, 4) is 0 Å². The zero-order valence-corrected chi connectivity index (χ0v) is 5.07. The molecule has 8 heteroatoms. The maximum Gasteiger partial charge on any atom is 1.00 e. The van der Waals surface area contributed by atoms with Crippen molar-refractivity contribution in [2.45, 2.75) is 0 Å². The number of carbonyl (C=O) groups is 2. The van der Waals surface area contributed by atoms with Crippen LogP contribution in [-0.4, -0.2) is 29.4 Å². The van der Waals surface area contributed by atoms with Crippen molar-refractivity contribution in [1.29, 1.82) is 0 Å². The Labute approximate surface area is 69.0 Å². The van der Waals surface area contributed by atoms with E-state index in [-0.39, 0.29) is 20.3 Å². The number of halogens is 1. The van der Waals surface area contributed by atoms with Crippen LogP contribution in [0, 0.1) is 0 Å². The molecular weight excluding hydrogens is 141 g/mol. The minimum Gasteiger partial charge on any atom is -1.00 e. The molecule has 0 spiro atoms. The number of hydrogen-bond donors (Lipinski definition) is 2. The topological polar surface area (TPSA) is 83.8 Å². The van der Waals surface area contributed by atoms with Crippen LogP contribution in [0.5, 0.6) is 0 Å². The first-order valence-electron chi connectivity index (χ1n) is 1.80. The van der Waals surface area contributed by atoms with E-state index in [0.29, 0.717) is 0 Å². The Morgan fingerprint density at radius 2 is 1.90 bits per heavy atom. The van der Waals surface area contributed by atoms with Crippen LogP contribution in [0.1, 0.15) is 1.43 Å². The van der Waals surface area contributed by atoms with E-state index >= 15 is 0 Å². The summed E-state index contributed by atoms with van der Waals surface area (Å²) in [6, 6.07) is -2.37. The van der Waals surface area contributed by atoms with Crippen molar-refractivity contribution in [3.63, 3.8) is 0 Å². The number of carbonyl (C=O) groups excluding carboxylic acids is 2. The monoisotopic (exact) mass is 144 g/mol. The molecule has 0 unspecified atom stereocenters. The molecule has 0 aliphatic rings. The van der Waals surface area contributed by atoms with Crippen LogP contribution >= 0.6 is 0 Å². The van der Waals surface area contributed by atoms with Gasteiger partial charge in [-0.25, -0.2) is 9.59 Å². The molecule has 5 nitrogen and oxygen atoms in total. The van der Waals surface area contributed by atoms with Crippen LogP contribution in [-0.2, 0) is 14.2 Å². The first-order chi connectivity index (χ1) is 4.04. The fourth-order valence-corrected chi connectivity index (χ4v) is 0.142. The summed E-state index contributed by atoms with van der Waals surface area (Å²) in [4.78, 5) is 19.0. The summed E-state index contributed by atoms with van der Waals surface area (Å²) in [6.07, 6.45) is 0. The molecule has 0 fully saturated rings. The van der Waals surface area contributed by atoms with Gasteiger partial charge in [0, 0.05) is 0 Å². The van der Waals surface area contributed by atoms with E-state index < -0.39 is 19.3 Å². The van der Waals surface area contributed by atoms with Gasteiger partial charge in [0.15, 0.2) is 0 Å². The molecule has 0 aromatic rings. The van der Waals surface area contributed by atoms with Gasteiger partial charge in [0.05, 0.1) is 0 Å². The Kier molecular flexibility index (Phi) is 6.71. The molecule has 0 aliphatic heterocycles. The van der Waals surface area contributed by atoms with Gasteiger partial charge in [-0.15, -0.1) is 0 Å². The molecule has 0 aromatic carbocycles. The van der Waals surface area contributed by atoms with Gasteiger partial charge in [-0.1, -0.05) is 0 Å². The van der Waals surface area contributed by atoms with Gasteiger partial charge in [-0.2, -0.15) is 4.39 Å². The largest absolute Gasteiger partial charge is 1.00 e. The molecule has 0 rings (SSSR count). The van der Waals surface area contributed by atoms with Gasteiger partial charge < -0.3 is 16.1 Å². The predicted molar refractivity (Wildman–Crippen MR) is 23.5 cm³/mol. The van der Waals surface area contributed by atoms with E-state index in [0.717, 1.165) is 0 Å². The summed E-state index contributed by atoms with van der Waals surface area (Å²) < 4.78 is 14.4. The van der Waals surface area contributed by atoms with Gasteiger partial charge in [0.1, 0.15) is 0 Å². The van der Waals surface area contributed by atoms with Crippen molar-refractivity contribution < 1.29 is 49.0 Å². The molecular formula is C2H3BFLiO5. The van der Waals surface area contributed by atoms with Gasteiger partial charge in [0.25, 0.3) is 0 Å². The van der Waals surface area contributed by atoms with Crippen molar-refractivity contribution in [3.05, 3.63) is 0 Å². The van der Waals surface area contributed by atoms with Gasteiger partial charge in [0.2, 0.25) is 0 Å². The van der Waals surface area contributed by atoms with E-state index in [4.69, 9.17) is 10.0 Å². The second kappa shape index (κ2) is 5.44. The molecule has 2 N–H and O–H groups in total. The number of rotatable bonds is 2. The van der Waals surface area contributed by atoms with E-state index in [1.54, 1.807) is 0 Å². The Balaban J connectivity index is -0.000000320.